The van der Waals surface area contributed by atoms with Crippen LogP contribution in [0.25, 0.3) is 0 Å². The fraction of sp³-hybridized carbons (Fsp3) is 0.625. The van der Waals surface area contributed by atoms with Crippen molar-refractivity contribution in [1.29, 1.82) is 0 Å². The van der Waals surface area contributed by atoms with Crippen LogP contribution in [-0.2, 0) is 0 Å². The molecule has 2 aliphatic heterocycles. The maximum Gasteiger partial charge on any atom is 0.122 e. The first-order chi connectivity index (χ1) is 9.38. The third-order valence-electron chi connectivity index (χ3n) is 4.42. The molecule has 1 atom stereocenters. The molecule has 3 heteroatoms. The molecule has 1 N–H and O–H groups in total. The van der Waals surface area contributed by atoms with E-state index in [1.54, 1.807) is 7.11 Å². The van der Waals surface area contributed by atoms with Gasteiger partial charge in [0.1, 0.15) is 5.75 Å². The average molecular weight is 260 g/mol. The maximum atomic E-state index is 5.57. The Morgan fingerprint density at radius 2 is 2.05 bits per heavy atom. The van der Waals surface area contributed by atoms with Gasteiger partial charge in [0.15, 0.2) is 0 Å². The second kappa shape index (κ2) is 5.83. The van der Waals surface area contributed by atoms with E-state index in [4.69, 9.17) is 4.74 Å². The van der Waals surface area contributed by atoms with E-state index < -0.39 is 0 Å². The molecule has 19 heavy (non-hydrogen) atoms. The molecule has 3 nitrogen and oxygen atoms in total. The highest BCUT2D eigenvalue weighted by Gasteiger charge is 2.21. The van der Waals surface area contributed by atoms with Crippen LogP contribution in [0.5, 0.6) is 5.75 Å². The van der Waals surface area contributed by atoms with Crippen molar-refractivity contribution in [1.82, 2.24) is 5.32 Å². The van der Waals surface area contributed by atoms with E-state index in [-0.39, 0.29) is 0 Å². The van der Waals surface area contributed by atoms with Crippen LogP contribution in [0.1, 0.15) is 37.2 Å². The third kappa shape index (κ3) is 2.71. The van der Waals surface area contributed by atoms with Gasteiger partial charge in [0.25, 0.3) is 0 Å². The van der Waals surface area contributed by atoms with E-state index in [1.165, 1.54) is 50.0 Å². The number of methoxy groups -OCH3 is 1. The maximum absolute atomic E-state index is 5.57. The minimum Gasteiger partial charge on any atom is -0.496 e. The summed E-state index contributed by atoms with van der Waals surface area (Å²) in [5, 5.41) is 3.50. The summed E-state index contributed by atoms with van der Waals surface area (Å²) in [7, 11) is 1.78. The van der Waals surface area contributed by atoms with E-state index in [0.29, 0.717) is 5.92 Å². The molecule has 0 aliphatic carbocycles. The molecule has 0 aromatic heterocycles. The summed E-state index contributed by atoms with van der Waals surface area (Å²) in [5.41, 5.74) is 2.76. The van der Waals surface area contributed by atoms with E-state index in [2.05, 4.69) is 28.4 Å². The molecular formula is C16H24N2O. The van der Waals surface area contributed by atoms with Gasteiger partial charge < -0.3 is 15.0 Å². The van der Waals surface area contributed by atoms with Crippen LogP contribution in [0.15, 0.2) is 18.2 Å². The molecule has 104 valence electrons. The van der Waals surface area contributed by atoms with Crippen LogP contribution >= 0.6 is 0 Å². The zero-order valence-electron chi connectivity index (χ0n) is 11.8. The Hall–Kier alpha value is -1.22. The molecule has 2 fully saturated rings. The molecular weight excluding hydrogens is 236 g/mol. The lowest BCUT2D eigenvalue weighted by Crippen LogP contribution is -2.28. The molecule has 3 rings (SSSR count). The van der Waals surface area contributed by atoms with Gasteiger partial charge >= 0.3 is 0 Å². The van der Waals surface area contributed by atoms with Crippen LogP contribution < -0.4 is 15.0 Å². The van der Waals surface area contributed by atoms with E-state index in [1.807, 2.05) is 0 Å². The normalized spacial score (nSPS) is 23.6. The van der Waals surface area contributed by atoms with Crippen molar-refractivity contribution in [2.24, 2.45) is 0 Å². The van der Waals surface area contributed by atoms with Gasteiger partial charge in [-0.25, -0.2) is 0 Å². The van der Waals surface area contributed by atoms with Gasteiger partial charge in [-0.05, 0) is 50.4 Å². The van der Waals surface area contributed by atoms with Gasteiger partial charge in [0, 0.05) is 36.8 Å². The lowest BCUT2D eigenvalue weighted by Gasteiger charge is -2.27. The monoisotopic (exact) mass is 260 g/mol. The first kappa shape index (κ1) is 12.8. The molecule has 1 unspecified atom stereocenters. The van der Waals surface area contributed by atoms with Crippen LogP contribution in [0.3, 0.4) is 0 Å². The quantitative estimate of drug-likeness (QED) is 0.904. The SMILES string of the molecule is COc1ccc(N2CCCC2)cc1C1CCCNC1. The van der Waals surface area contributed by atoms with Crippen molar-refractivity contribution in [3.8, 4) is 5.75 Å². The summed E-state index contributed by atoms with van der Waals surface area (Å²) in [6.07, 6.45) is 5.19. The number of nitrogens with zero attached hydrogens (tertiary/aromatic N) is 1. The Morgan fingerprint density at radius 3 is 2.74 bits per heavy atom. The Balaban J connectivity index is 1.87. The van der Waals surface area contributed by atoms with E-state index in [0.717, 1.165) is 18.8 Å². The van der Waals surface area contributed by atoms with Crippen molar-refractivity contribution in [2.75, 3.05) is 38.2 Å². The number of ether oxygens (including phenoxy) is 1. The highest BCUT2D eigenvalue weighted by Crippen LogP contribution is 2.35. The molecule has 0 bridgehead atoms. The zero-order chi connectivity index (χ0) is 13.1. The van der Waals surface area contributed by atoms with Crippen molar-refractivity contribution in [2.45, 2.75) is 31.6 Å². The lowest BCUT2D eigenvalue weighted by molar-refractivity contribution is 0.392. The summed E-state index contributed by atoms with van der Waals surface area (Å²) < 4.78 is 5.57. The van der Waals surface area contributed by atoms with Gasteiger partial charge in [-0.15, -0.1) is 0 Å². The molecule has 1 aromatic carbocycles. The second-order valence-corrected chi connectivity index (χ2v) is 5.66. The van der Waals surface area contributed by atoms with Gasteiger partial charge in [0.05, 0.1) is 7.11 Å². The average Bonchev–Trinajstić information content (AvgIpc) is 3.02. The molecule has 2 heterocycles. The minimum absolute atomic E-state index is 0.603. The lowest BCUT2D eigenvalue weighted by atomic mass is 9.90. The molecule has 1 aromatic rings. The van der Waals surface area contributed by atoms with Gasteiger partial charge in [-0.3, -0.25) is 0 Å². The number of piperidine rings is 1. The molecule has 0 amide bonds. The zero-order valence-corrected chi connectivity index (χ0v) is 11.8. The van der Waals surface area contributed by atoms with Crippen LogP contribution in [-0.4, -0.2) is 33.3 Å². The minimum atomic E-state index is 0.603. The summed E-state index contributed by atoms with van der Waals surface area (Å²) >= 11 is 0. The Labute approximate surface area is 115 Å². The van der Waals surface area contributed by atoms with Crippen LogP contribution in [0, 0.1) is 0 Å². The molecule has 0 radical (unpaired) electrons. The number of benzene rings is 1. The predicted octanol–water partition coefficient (Wildman–Crippen LogP) is 2.76. The van der Waals surface area contributed by atoms with Crippen molar-refractivity contribution in [3.63, 3.8) is 0 Å². The number of hydrogen-bond donors (Lipinski definition) is 1. The molecule has 2 aliphatic rings. The summed E-state index contributed by atoms with van der Waals surface area (Å²) in [4.78, 5) is 2.50. The summed E-state index contributed by atoms with van der Waals surface area (Å²) in [6.45, 7) is 4.65. The number of hydrogen-bond acceptors (Lipinski definition) is 3. The van der Waals surface area contributed by atoms with Crippen molar-refractivity contribution in [3.05, 3.63) is 23.8 Å². The standard InChI is InChI=1S/C16H24N2O/c1-19-16-7-6-14(18-9-2-3-10-18)11-15(16)13-5-4-8-17-12-13/h6-7,11,13,17H,2-5,8-10,12H2,1H3. The molecule has 0 saturated carbocycles. The highest BCUT2D eigenvalue weighted by atomic mass is 16.5. The molecule has 2 saturated heterocycles. The summed E-state index contributed by atoms with van der Waals surface area (Å²) in [5.74, 6) is 1.66. The number of rotatable bonds is 3. The Bertz CT molecular complexity index is 421. The van der Waals surface area contributed by atoms with Crippen LogP contribution in [0.4, 0.5) is 5.69 Å². The Morgan fingerprint density at radius 1 is 1.21 bits per heavy atom. The fourth-order valence-electron chi connectivity index (χ4n) is 3.33. The smallest absolute Gasteiger partial charge is 0.122 e. The summed E-state index contributed by atoms with van der Waals surface area (Å²) in [6, 6.07) is 6.73. The first-order valence-electron chi connectivity index (χ1n) is 7.52. The second-order valence-electron chi connectivity index (χ2n) is 5.66. The first-order valence-corrected chi connectivity index (χ1v) is 7.52. The molecule has 0 spiro atoms. The Kier molecular flexibility index (Phi) is 3.92. The van der Waals surface area contributed by atoms with Crippen molar-refractivity contribution >= 4 is 5.69 Å². The van der Waals surface area contributed by atoms with Crippen LogP contribution in [0.2, 0.25) is 0 Å². The van der Waals surface area contributed by atoms with E-state index in [9.17, 15) is 0 Å². The van der Waals surface area contributed by atoms with Gasteiger partial charge in [0.2, 0.25) is 0 Å². The van der Waals surface area contributed by atoms with E-state index >= 15 is 0 Å². The van der Waals surface area contributed by atoms with Gasteiger partial charge in [-0.2, -0.15) is 0 Å². The number of anilines is 1. The fourth-order valence-corrected chi connectivity index (χ4v) is 3.33. The topological polar surface area (TPSA) is 24.5 Å². The third-order valence-corrected chi connectivity index (χ3v) is 4.42. The largest absolute Gasteiger partial charge is 0.496 e. The highest BCUT2D eigenvalue weighted by molar-refractivity contribution is 5.55. The van der Waals surface area contributed by atoms with Crippen molar-refractivity contribution < 1.29 is 4.74 Å². The predicted molar refractivity (Wildman–Crippen MR) is 79.3 cm³/mol. The van der Waals surface area contributed by atoms with Gasteiger partial charge in [-0.1, -0.05) is 0 Å². The number of nitrogens with one attached hydrogen (secondary N) is 1.